The van der Waals surface area contributed by atoms with Crippen molar-refractivity contribution in [2.45, 2.75) is 5.03 Å². The maximum atomic E-state index is 4.20. The summed E-state index contributed by atoms with van der Waals surface area (Å²) in [5.41, 5.74) is 1.09. The predicted octanol–water partition coefficient (Wildman–Crippen LogP) is 2.08. The molecule has 54 valence electrons. The van der Waals surface area contributed by atoms with Gasteiger partial charge in [-0.1, -0.05) is 11.8 Å². The third-order valence-corrected chi connectivity index (χ3v) is 2.16. The van der Waals surface area contributed by atoms with Crippen LogP contribution in [0, 0.1) is 0 Å². The van der Waals surface area contributed by atoms with E-state index in [0.29, 0.717) is 0 Å². The molecule has 0 radical (unpaired) electrons. The Labute approximate surface area is 69.1 Å². The van der Waals surface area contributed by atoms with Crippen LogP contribution in [0.2, 0.25) is 0 Å². The zero-order valence-corrected chi connectivity index (χ0v) is 6.58. The first-order chi connectivity index (χ1) is 5.47. The summed E-state index contributed by atoms with van der Waals surface area (Å²) in [6.07, 6.45) is 5.38. The Morgan fingerprint density at radius 3 is 3.36 bits per heavy atom. The Morgan fingerprint density at radius 1 is 1.36 bits per heavy atom. The summed E-state index contributed by atoms with van der Waals surface area (Å²) < 4.78 is 0. The van der Waals surface area contributed by atoms with Crippen molar-refractivity contribution >= 4 is 18.0 Å². The smallest absolute Gasteiger partial charge is 0.109 e. The third-order valence-electron chi connectivity index (χ3n) is 1.34. The summed E-state index contributed by atoms with van der Waals surface area (Å²) >= 11 is 1.59. The SMILES string of the molecule is C1=CSc2ncccc2C=N1. The molecule has 0 aromatic carbocycles. The van der Waals surface area contributed by atoms with Gasteiger partial charge in [0.05, 0.1) is 0 Å². The first-order valence-electron chi connectivity index (χ1n) is 3.27. The first kappa shape index (κ1) is 6.61. The standard InChI is InChI=1S/C8H6N2S/c1-2-7-6-9-4-5-11-8(7)10-3-1/h1-6H. The van der Waals surface area contributed by atoms with Gasteiger partial charge in [0.1, 0.15) is 5.03 Å². The molecule has 1 aromatic heterocycles. The van der Waals surface area contributed by atoms with Crippen molar-refractivity contribution in [3.05, 3.63) is 35.5 Å². The molecule has 1 aromatic rings. The highest BCUT2D eigenvalue weighted by atomic mass is 32.2. The van der Waals surface area contributed by atoms with E-state index in [2.05, 4.69) is 9.98 Å². The maximum Gasteiger partial charge on any atom is 0.109 e. The molecule has 0 bridgehead atoms. The van der Waals surface area contributed by atoms with E-state index in [0.717, 1.165) is 10.6 Å². The summed E-state index contributed by atoms with van der Waals surface area (Å²) in [6, 6.07) is 3.92. The number of pyridine rings is 1. The van der Waals surface area contributed by atoms with Gasteiger partial charge in [0, 0.05) is 24.2 Å². The summed E-state index contributed by atoms with van der Waals surface area (Å²) in [7, 11) is 0. The van der Waals surface area contributed by atoms with Crippen molar-refractivity contribution in [1.82, 2.24) is 4.98 Å². The van der Waals surface area contributed by atoms with Crippen molar-refractivity contribution in [3.8, 4) is 0 Å². The molecule has 0 fully saturated rings. The van der Waals surface area contributed by atoms with E-state index in [1.165, 1.54) is 0 Å². The number of nitrogens with zero attached hydrogens (tertiary/aromatic N) is 2. The minimum Gasteiger partial charge on any atom is -0.263 e. The van der Waals surface area contributed by atoms with E-state index in [1.54, 1.807) is 24.2 Å². The van der Waals surface area contributed by atoms with Crippen LogP contribution in [0.15, 0.2) is 40.0 Å². The Bertz CT molecular complexity index is 318. The summed E-state index contributed by atoms with van der Waals surface area (Å²) in [5, 5.41) is 2.94. The zero-order chi connectivity index (χ0) is 7.52. The lowest BCUT2D eigenvalue weighted by Gasteiger charge is -1.96. The average Bonchev–Trinajstić information content (AvgIpc) is 2.28. The highest BCUT2D eigenvalue weighted by Gasteiger charge is 2.00. The minimum atomic E-state index is 1.02. The summed E-state index contributed by atoms with van der Waals surface area (Å²) in [5.74, 6) is 0. The highest BCUT2D eigenvalue weighted by Crippen LogP contribution is 2.21. The van der Waals surface area contributed by atoms with Crippen LogP contribution >= 0.6 is 11.8 Å². The Hall–Kier alpha value is -1.09. The molecule has 2 rings (SSSR count). The maximum absolute atomic E-state index is 4.20. The quantitative estimate of drug-likeness (QED) is 0.583. The van der Waals surface area contributed by atoms with Crippen molar-refractivity contribution in [1.29, 1.82) is 0 Å². The summed E-state index contributed by atoms with van der Waals surface area (Å²) in [4.78, 5) is 8.25. The molecule has 1 aliphatic rings. The van der Waals surface area contributed by atoms with Gasteiger partial charge in [-0.25, -0.2) is 4.98 Å². The normalized spacial score (nSPS) is 14.2. The highest BCUT2D eigenvalue weighted by molar-refractivity contribution is 8.02. The van der Waals surface area contributed by atoms with Crippen LogP contribution < -0.4 is 0 Å². The first-order valence-corrected chi connectivity index (χ1v) is 4.15. The van der Waals surface area contributed by atoms with E-state index in [1.807, 2.05) is 23.8 Å². The van der Waals surface area contributed by atoms with Crippen molar-refractivity contribution in [2.75, 3.05) is 0 Å². The van der Waals surface area contributed by atoms with Gasteiger partial charge in [-0.2, -0.15) is 0 Å². The number of rotatable bonds is 0. The number of fused-ring (bicyclic) bond motifs is 1. The van der Waals surface area contributed by atoms with Crippen molar-refractivity contribution < 1.29 is 0 Å². The fraction of sp³-hybridized carbons (Fsp3) is 0. The molecule has 2 heterocycles. The molecular weight excluding hydrogens is 156 g/mol. The van der Waals surface area contributed by atoms with E-state index in [4.69, 9.17) is 0 Å². The molecule has 0 amide bonds. The van der Waals surface area contributed by atoms with Crippen LogP contribution in [-0.4, -0.2) is 11.2 Å². The fourth-order valence-corrected chi connectivity index (χ4v) is 1.49. The molecule has 0 saturated heterocycles. The van der Waals surface area contributed by atoms with Crippen LogP contribution in [0.5, 0.6) is 0 Å². The monoisotopic (exact) mass is 162 g/mol. The molecule has 11 heavy (non-hydrogen) atoms. The predicted molar refractivity (Wildman–Crippen MR) is 46.8 cm³/mol. The fourth-order valence-electron chi connectivity index (χ4n) is 0.853. The third kappa shape index (κ3) is 1.33. The van der Waals surface area contributed by atoms with Gasteiger partial charge in [0.2, 0.25) is 0 Å². The molecule has 0 saturated carbocycles. The molecule has 3 heteroatoms. The Balaban J connectivity index is 2.52. The number of aromatic nitrogens is 1. The second kappa shape index (κ2) is 2.88. The van der Waals surface area contributed by atoms with E-state index in [9.17, 15) is 0 Å². The second-order valence-electron chi connectivity index (χ2n) is 2.08. The average molecular weight is 162 g/mol. The van der Waals surface area contributed by atoms with Crippen molar-refractivity contribution in [3.63, 3.8) is 0 Å². The van der Waals surface area contributed by atoms with Gasteiger partial charge in [-0.15, -0.1) is 0 Å². The van der Waals surface area contributed by atoms with Crippen LogP contribution in [0.25, 0.3) is 0 Å². The van der Waals surface area contributed by atoms with Crippen LogP contribution in [0.3, 0.4) is 0 Å². The Morgan fingerprint density at radius 2 is 2.36 bits per heavy atom. The van der Waals surface area contributed by atoms with Crippen molar-refractivity contribution in [2.24, 2.45) is 4.99 Å². The topological polar surface area (TPSA) is 25.2 Å². The van der Waals surface area contributed by atoms with Gasteiger partial charge in [0.15, 0.2) is 0 Å². The largest absolute Gasteiger partial charge is 0.263 e. The lowest BCUT2D eigenvalue weighted by Crippen LogP contribution is -1.85. The molecule has 0 N–H and O–H groups in total. The zero-order valence-electron chi connectivity index (χ0n) is 5.77. The lowest BCUT2D eigenvalue weighted by molar-refractivity contribution is 1.13. The van der Waals surface area contributed by atoms with Gasteiger partial charge < -0.3 is 0 Å². The molecule has 0 aliphatic carbocycles. The van der Waals surface area contributed by atoms with E-state index >= 15 is 0 Å². The van der Waals surface area contributed by atoms with Gasteiger partial charge >= 0.3 is 0 Å². The number of aliphatic imine (C=N–C) groups is 1. The van der Waals surface area contributed by atoms with Gasteiger partial charge in [-0.3, -0.25) is 4.99 Å². The minimum absolute atomic E-state index is 1.02. The van der Waals surface area contributed by atoms with Crippen LogP contribution in [0.4, 0.5) is 0 Å². The molecule has 0 unspecified atom stereocenters. The molecule has 2 nitrogen and oxygen atoms in total. The molecule has 0 atom stereocenters. The van der Waals surface area contributed by atoms with Gasteiger partial charge in [0.25, 0.3) is 0 Å². The second-order valence-corrected chi connectivity index (χ2v) is 2.97. The number of hydrogen-bond acceptors (Lipinski definition) is 3. The summed E-state index contributed by atoms with van der Waals surface area (Å²) in [6.45, 7) is 0. The van der Waals surface area contributed by atoms with Gasteiger partial charge in [-0.05, 0) is 17.5 Å². The van der Waals surface area contributed by atoms with Crippen LogP contribution in [0.1, 0.15) is 5.56 Å². The molecular formula is C8H6N2S. The molecule has 0 spiro atoms. The van der Waals surface area contributed by atoms with E-state index < -0.39 is 0 Å². The lowest BCUT2D eigenvalue weighted by atomic mass is 10.3. The number of thioether (sulfide) groups is 1. The number of hydrogen-bond donors (Lipinski definition) is 0. The van der Waals surface area contributed by atoms with Crippen LogP contribution in [-0.2, 0) is 0 Å². The molecule has 1 aliphatic heterocycles. The Kier molecular flexibility index (Phi) is 1.73. The van der Waals surface area contributed by atoms with E-state index in [-0.39, 0.29) is 0 Å².